The predicted molar refractivity (Wildman–Crippen MR) is 107 cm³/mol. The van der Waals surface area contributed by atoms with Crippen LogP contribution in [-0.2, 0) is 18.0 Å². The van der Waals surface area contributed by atoms with Gasteiger partial charge in [0.1, 0.15) is 11.5 Å². The summed E-state index contributed by atoms with van der Waals surface area (Å²) in [4.78, 5) is 0. The molecule has 3 rings (SSSR count). The molecule has 0 saturated heterocycles. The van der Waals surface area contributed by atoms with E-state index in [-0.39, 0.29) is 0 Å². The summed E-state index contributed by atoms with van der Waals surface area (Å²) in [6.45, 7) is 1.03. The first-order chi connectivity index (χ1) is 13.1. The van der Waals surface area contributed by atoms with Crippen molar-refractivity contribution >= 4 is 30.5 Å². The van der Waals surface area contributed by atoms with Crippen molar-refractivity contribution < 1.29 is 19.1 Å². The van der Waals surface area contributed by atoms with E-state index in [1.54, 1.807) is 18.2 Å². The maximum Gasteiger partial charge on any atom is 0.785 e. The maximum atomic E-state index is 9.92. The van der Waals surface area contributed by atoms with E-state index in [1.165, 1.54) is 12.1 Å². The fourth-order valence-electron chi connectivity index (χ4n) is 2.38. The van der Waals surface area contributed by atoms with Crippen LogP contribution in [0.1, 0.15) is 11.1 Å². The number of ether oxygens (including phenoxy) is 1. The molecule has 0 atom stereocenters. The van der Waals surface area contributed by atoms with Crippen LogP contribution in [0.2, 0.25) is 10.0 Å². The van der Waals surface area contributed by atoms with Crippen LogP contribution in [-0.4, -0.2) is 12.3 Å². The van der Waals surface area contributed by atoms with Crippen LogP contribution in [0.5, 0.6) is 11.5 Å². The zero-order chi connectivity index (χ0) is 19.1. The Balaban J connectivity index is 1.48. The molecule has 0 aliphatic heterocycles. The SMILES string of the molecule is OB(Oc1ccc(COCc2ccccc2)cc1)Oc1cc(Cl)cc(Cl)c1. The highest BCUT2D eigenvalue weighted by Gasteiger charge is 2.21. The van der Waals surface area contributed by atoms with Gasteiger partial charge in [0.2, 0.25) is 0 Å². The number of halogens is 2. The Morgan fingerprint density at radius 2 is 1.26 bits per heavy atom. The van der Waals surface area contributed by atoms with Gasteiger partial charge < -0.3 is 19.1 Å². The van der Waals surface area contributed by atoms with Gasteiger partial charge in [-0.15, -0.1) is 0 Å². The van der Waals surface area contributed by atoms with Gasteiger partial charge in [0.15, 0.2) is 0 Å². The normalized spacial score (nSPS) is 10.5. The van der Waals surface area contributed by atoms with Gasteiger partial charge in [-0.2, -0.15) is 0 Å². The summed E-state index contributed by atoms with van der Waals surface area (Å²) in [6.07, 6.45) is 0. The first-order valence-electron chi connectivity index (χ1n) is 8.26. The van der Waals surface area contributed by atoms with Gasteiger partial charge in [-0.05, 0) is 41.5 Å². The quantitative estimate of drug-likeness (QED) is 0.529. The van der Waals surface area contributed by atoms with Gasteiger partial charge in [0.05, 0.1) is 13.2 Å². The third kappa shape index (κ3) is 6.49. The van der Waals surface area contributed by atoms with Gasteiger partial charge in [0, 0.05) is 10.0 Å². The van der Waals surface area contributed by atoms with Gasteiger partial charge in [-0.1, -0.05) is 65.7 Å². The summed E-state index contributed by atoms with van der Waals surface area (Å²) >= 11 is 11.8. The molecular formula is C20H17BCl2O4. The monoisotopic (exact) mass is 402 g/mol. The Morgan fingerprint density at radius 1 is 0.704 bits per heavy atom. The first kappa shape index (κ1) is 19.6. The zero-order valence-electron chi connectivity index (χ0n) is 14.3. The molecule has 0 amide bonds. The second kappa shape index (κ2) is 9.67. The molecule has 0 aliphatic carbocycles. The van der Waals surface area contributed by atoms with Crippen LogP contribution in [0, 0.1) is 0 Å². The highest BCUT2D eigenvalue weighted by Crippen LogP contribution is 2.24. The molecule has 7 heteroatoms. The van der Waals surface area contributed by atoms with Gasteiger partial charge in [-0.3, -0.25) is 0 Å². The number of hydrogen-bond acceptors (Lipinski definition) is 4. The second-order valence-electron chi connectivity index (χ2n) is 5.77. The van der Waals surface area contributed by atoms with E-state index in [4.69, 9.17) is 37.2 Å². The van der Waals surface area contributed by atoms with Crippen molar-refractivity contribution in [3.8, 4) is 11.5 Å². The average Bonchev–Trinajstić information content (AvgIpc) is 2.63. The van der Waals surface area contributed by atoms with Crippen molar-refractivity contribution in [3.05, 3.63) is 94.0 Å². The molecule has 0 fully saturated rings. The Hall–Kier alpha value is -2.18. The maximum absolute atomic E-state index is 9.92. The molecule has 0 heterocycles. The fourth-order valence-corrected chi connectivity index (χ4v) is 2.88. The lowest BCUT2D eigenvalue weighted by Gasteiger charge is -2.12. The smallest absolute Gasteiger partial charge is 0.501 e. The van der Waals surface area contributed by atoms with Crippen molar-refractivity contribution in [2.45, 2.75) is 13.2 Å². The van der Waals surface area contributed by atoms with E-state index in [2.05, 4.69) is 0 Å². The lowest BCUT2D eigenvalue weighted by atomic mass is 10.2. The average molecular weight is 403 g/mol. The fraction of sp³-hybridized carbons (Fsp3) is 0.100. The molecule has 0 unspecified atom stereocenters. The van der Waals surface area contributed by atoms with E-state index >= 15 is 0 Å². The largest absolute Gasteiger partial charge is 0.785 e. The van der Waals surface area contributed by atoms with Gasteiger partial charge in [0.25, 0.3) is 0 Å². The highest BCUT2D eigenvalue weighted by atomic mass is 35.5. The van der Waals surface area contributed by atoms with Gasteiger partial charge in [-0.25, -0.2) is 0 Å². The Labute approximate surface area is 168 Å². The summed E-state index contributed by atoms with van der Waals surface area (Å²) in [6, 6.07) is 21.8. The molecule has 0 radical (unpaired) electrons. The van der Waals surface area contributed by atoms with Gasteiger partial charge >= 0.3 is 7.32 Å². The standard InChI is InChI=1S/C20H17BCl2O4/c22-17-10-18(23)12-20(11-17)27-21(24)26-19-8-6-16(7-9-19)14-25-13-15-4-2-1-3-5-15/h1-12,24H,13-14H2. The highest BCUT2D eigenvalue weighted by molar-refractivity contribution is 6.37. The Morgan fingerprint density at radius 3 is 1.89 bits per heavy atom. The van der Waals surface area contributed by atoms with Crippen LogP contribution in [0.15, 0.2) is 72.8 Å². The molecular weight excluding hydrogens is 386 g/mol. The van der Waals surface area contributed by atoms with Crippen molar-refractivity contribution in [3.63, 3.8) is 0 Å². The molecule has 27 heavy (non-hydrogen) atoms. The molecule has 3 aromatic rings. The minimum atomic E-state index is -1.49. The molecule has 0 bridgehead atoms. The summed E-state index contributed by atoms with van der Waals surface area (Å²) < 4.78 is 16.3. The molecule has 138 valence electrons. The lowest BCUT2D eigenvalue weighted by Crippen LogP contribution is -2.29. The summed E-state index contributed by atoms with van der Waals surface area (Å²) in [5.74, 6) is 0.772. The number of rotatable bonds is 8. The van der Waals surface area contributed by atoms with E-state index in [0.717, 1.165) is 11.1 Å². The lowest BCUT2D eigenvalue weighted by molar-refractivity contribution is 0.107. The molecule has 0 saturated carbocycles. The minimum absolute atomic E-state index is 0.311. The van der Waals surface area contributed by atoms with Crippen molar-refractivity contribution in [2.75, 3.05) is 0 Å². The molecule has 0 spiro atoms. The number of benzene rings is 3. The molecule has 0 aliphatic rings. The van der Waals surface area contributed by atoms with Crippen molar-refractivity contribution in [1.82, 2.24) is 0 Å². The predicted octanol–water partition coefficient (Wildman–Crippen LogP) is 5.15. The molecule has 1 N–H and O–H groups in total. The topological polar surface area (TPSA) is 47.9 Å². The van der Waals surface area contributed by atoms with Crippen LogP contribution in [0.25, 0.3) is 0 Å². The third-order valence-electron chi connectivity index (χ3n) is 3.61. The second-order valence-corrected chi connectivity index (χ2v) is 6.64. The molecule has 0 aromatic heterocycles. The van der Waals surface area contributed by atoms with Crippen LogP contribution in [0.3, 0.4) is 0 Å². The van der Waals surface area contributed by atoms with E-state index in [1.807, 2.05) is 42.5 Å². The first-order valence-corrected chi connectivity index (χ1v) is 9.02. The van der Waals surface area contributed by atoms with E-state index in [0.29, 0.717) is 34.8 Å². The molecule has 4 nitrogen and oxygen atoms in total. The summed E-state index contributed by atoms with van der Waals surface area (Å²) in [7, 11) is -1.49. The minimum Gasteiger partial charge on any atom is -0.501 e. The third-order valence-corrected chi connectivity index (χ3v) is 4.05. The van der Waals surface area contributed by atoms with Crippen LogP contribution >= 0.6 is 23.2 Å². The summed E-state index contributed by atoms with van der Waals surface area (Å²) in [5, 5.41) is 10.7. The number of hydrogen-bond donors (Lipinski definition) is 1. The van der Waals surface area contributed by atoms with Crippen LogP contribution in [0.4, 0.5) is 0 Å². The molecule has 3 aromatic carbocycles. The Kier molecular flexibility index (Phi) is 7.01. The van der Waals surface area contributed by atoms with Crippen LogP contribution < -0.4 is 9.31 Å². The van der Waals surface area contributed by atoms with E-state index < -0.39 is 7.32 Å². The van der Waals surface area contributed by atoms with E-state index in [9.17, 15) is 5.02 Å². The van der Waals surface area contributed by atoms with Crippen molar-refractivity contribution in [2.24, 2.45) is 0 Å². The van der Waals surface area contributed by atoms with Crippen molar-refractivity contribution in [1.29, 1.82) is 0 Å². The zero-order valence-corrected chi connectivity index (χ0v) is 15.9. The Bertz CT molecular complexity index is 839. The summed E-state index contributed by atoms with van der Waals surface area (Å²) in [5.41, 5.74) is 2.12.